The van der Waals surface area contributed by atoms with Gasteiger partial charge in [-0.15, -0.1) is 0 Å². The molecule has 0 aliphatic heterocycles. The molecular weight excluding hydrogens is 288 g/mol. The fourth-order valence-corrected chi connectivity index (χ4v) is 3.34. The van der Waals surface area contributed by atoms with Crippen molar-refractivity contribution in [1.82, 2.24) is 15.4 Å². The van der Waals surface area contributed by atoms with Crippen LogP contribution in [0, 0.1) is 0 Å². The minimum atomic E-state index is -0.572. The van der Waals surface area contributed by atoms with Crippen molar-refractivity contribution in [3.8, 4) is 0 Å². The number of aromatic nitrogens is 3. The SMILES string of the molecule is C1=CC[C]([Zr+2][c]2c[nH]nn2)=C1.[Cl-].[Cl-]. The normalized spacial score (nSPS) is 12.5. The number of rotatable bonds is 2. The third kappa shape index (κ3) is 3.76. The van der Waals surface area contributed by atoms with E-state index in [2.05, 4.69) is 33.6 Å². The minimum absolute atomic E-state index is 0. The zero-order valence-corrected chi connectivity index (χ0v) is 10.6. The number of halogens is 2. The van der Waals surface area contributed by atoms with Crippen molar-refractivity contribution in [2.45, 2.75) is 6.42 Å². The van der Waals surface area contributed by atoms with Gasteiger partial charge in [0.2, 0.25) is 0 Å². The second-order valence-corrected chi connectivity index (χ2v) is 5.76. The van der Waals surface area contributed by atoms with Gasteiger partial charge < -0.3 is 24.8 Å². The molecule has 0 amide bonds. The number of hydrogen-bond acceptors (Lipinski definition) is 2. The summed E-state index contributed by atoms with van der Waals surface area (Å²) in [4.78, 5) is 0. The zero-order valence-electron chi connectivity index (χ0n) is 6.67. The fraction of sp³-hybridized carbons (Fsp3) is 0.143. The predicted molar refractivity (Wildman–Crippen MR) is 37.9 cm³/mol. The summed E-state index contributed by atoms with van der Waals surface area (Å²) in [5.74, 6) is 0. The Balaban J connectivity index is 0.000000720. The number of H-pyrrole nitrogens is 1. The van der Waals surface area contributed by atoms with Crippen LogP contribution in [-0.2, 0) is 23.2 Å². The number of allylic oxidation sites excluding steroid dienone is 4. The molecule has 0 saturated carbocycles. The number of nitrogens with zero attached hydrogens (tertiary/aromatic N) is 2. The zero-order chi connectivity index (χ0) is 7.52. The van der Waals surface area contributed by atoms with Crippen LogP contribution in [0.5, 0.6) is 0 Å². The second-order valence-electron chi connectivity index (χ2n) is 2.31. The maximum absolute atomic E-state index is 3.98. The van der Waals surface area contributed by atoms with E-state index in [0.717, 1.165) is 6.42 Å². The Hall–Kier alpha value is 0.0831. The Kier molecular flexibility index (Phi) is 6.57. The molecule has 6 heteroatoms. The summed E-state index contributed by atoms with van der Waals surface area (Å²) in [6.45, 7) is 0. The first-order chi connectivity index (χ1) is 5.45. The number of nitrogens with one attached hydrogen (secondary N) is 1. The van der Waals surface area contributed by atoms with Crippen LogP contribution >= 0.6 is 0 Å². The van der Waals surface area contributed by atoms with Crippen molar-refractivity contribution in [2.24, 2.45) is 0 Å². The van der Waals surface area contributed by atoms with Gasteiger partial charge in [0, 0.05) is 0 Å². The molecule has 0 fully saturated rings. The molecule has 1 aromatic rings. The summed E-state index contributed by atoms with van der Waals surface area (Å²) >= 11 is -0.572. The van der Waals surface area contributed by atoms with E-state index in [4.69, 9.17) is 0 Å². The maximum Gasteiger partial charge on any atom is -1.00 e. The molecule has 0 unspecified atom stereocenters. The van der Waals surface area contributed by atoms with Gasteiger partial charge in [-0.05, 0) is 0 Å². The van der Waals surface area contributed by atoms with Gasteiger partial charge in [-0.25, -0.2) is 0 Å². The number of hydrogen-bond donors (Lipinski definition) is 1. The van der Waals surface area contributed by atoms with E-state index in [1.54, 1.807) is 3.28 Å². The quantitative estimate of drug-likeness (QED) is 0.591. The van der Waals surface area contributed by atoms with E-state index in [-0.39, 0.29) is 24.8 Å². The summed E-state index contributed by atoms with van der Waals surface area (Å²) in [5.41, 5.74) is 0. The van der Waals surface area contributed by atoms with Crippen LogP contribution in [0.25, 0.3) is 0 Å². The largest absolute Gasteiger partial charge is 1.00 e. The van der Waals surface area contributed by atoms with E-state index < -0.39 is 23.2 Å². The average molecular weight is 295 g/mol. The molecule has 0 spiro atoms. The minimum Gasteiger partial charge on any atom is -1.00 e. The number of aromatic amines is 1. The molecule has 13 heavy (non-hydrogen) atoms. The average Bonchev–Trinajstić information content (AvgIpc) is 2.60. The standard InChI is InChI=1S/C5H5.C2H2N3.2ClH.Zr/c2*1-2-4-5-3-1;;;/h1-3H,4H2;1H,(H,3,4,5);2*1H;/q;;;;+2/p-2. The third-order valence-corrected chi connectivity index (χ3v) is 4.41. The van der Waals surface area contributed by atoms with Gasteiger partial charge in [-0.3, -0.25) is 0 Å². The molecule has 2 rings (SSSR count). The molecule has 0 atom stereocenters. The summed E-state index contributed by atoms with van der Waals surface area (Å²) in [6.07, 6.45) is 9.57. The second kappa shape index (κ2) is 6.52. The van der Waals surface area contributed by atoms with Crippen molar-refractivity contribution in [2.75, 3.05) is 0 Å². The third-order valence-electron chi connectivity index (χ3n) is 1.48. The molecule has 1 aliphatic rings. The first-order valence-electron chi connectivity index (χ1n) is 3.44. The van der Waals surface area contributed by atoms with Crippen LogP contribution in [0.1, 0.15) is 6.42 Å². The molecule has 0 radical (unpaired) electrons. The maximum atomic E-state index is 3.98. The van der Waals surface area contributed by atoms with Crippen molar-refractivity contribution >= 4 is 3.40 Å². The van der Waals surface area contributed by atoms with Gasteiger partial charge in [0.25, 0.3) is 0 Å². The van der Waals surface area contributed by atoms with E-state index in [1.807, 2.05) is 6.20 Å². The summed E-state index contributed by atoms with van der Waals surface area (Å²) in [5, 5.41) is 10.4. The van der Waals surface area contributed by atoms with Crippen LogP contribution in [0.4, 0.5) is 0 Å². The first-order valence-corrected chi connectivity index (χ1v) is 5.90. The van der Waals surface area contributed by atoms with Gasteiger partial charge >= 0.3 is 76.2 Å². The Labute approximate surface area is 100 Å². The molecule has 0 saturated heterocycles. The smallest absolute Gasteiger partial charge is 1.00 e. The molecular formula is C7H7Cl2N3Zr. The summed E-state index contributed by atoms with van der Waals surface area (Å²) in [7, 11) is 0. The fourth-order valence-electron chi connectivity index (χ4n) is 0.967. The Bertz CT molecular complexity index is 295. The van der Waals surface area contributed by atoms with Crippen LogP contribution in [0.3, 0.4) is 0 Å². The van der Waals surface area contributed by atoms with E-state index in [1.165, 1.54) is 3.40 Å². The van der Waals surface area contributed by atoms with Gasteiger partial charge in [0.05, 0.1) is 0 Å². The van der Waals surface area contributed by atoms with Crippen LogP contribution in [0.15, 0.2) is 27.7 Å². The van der Waals surface area contributed by atoms with Crippen LogP contribution in [0.2, 0.25) is 0 Å². The predicted octanol–water partition coefficient (Wildman–Crippen LogP) is -5.64. The Morgan fingerprint density at radius 3 is 2.77 bits per heavy atom. The molecule has 0 aromatic carbocycles. The molecule has 68 valence electrons. The first kappa shape index (κ1) is 13.1. The van der Waals surface area contributed by atoms with Gasteiger partial charge in [0.15, 0.2) is 0 Å². The molecule has 1 aromatic heterocycles. The van der Waals surface area contributed by atoms with Crippen molar-refractivity contribution < 1.29 is 48.0 Å². The summed E-state index contributed by atoms with van der Waals surface area (Å²) in [6, 6.07) is 0. The Morgan fingerprint density at radius 1 is 1.38 bits per heavy atom. The molecule has 3 nitrogen and oxygen atoms in total. The van der Waals surface area contributed by atoms with E-state index in [9.17, 15) is 0 Å². The molecule has 1 N–H and O–H groups in total. The van der Waals surface area contributed by atoms with Crippen LogP contribution < -0.4 is 28.2 Å². The molecule has 1 heterocycles. The van der Waals surface area contributed by atoms with Crippen LogP contribution in [-0.4, -0.2) is 15.4 Å². The van der Waals surface area contributed by atoms with Gasteiger partial charge in [0.1, 0.15) is 0 Å². The van der Waals surface area contributed by atoms with Crippen molar-refractivity contribution in [3.63, 3.8) is 0 Å². The summed E-state index contributed by atoms with van der Waals surface area (Å²) < 4.78 is 2.76. The molecule has 1 aliphatic carbocycles. The van der Waals surface area contributed by atoms with Gasteiger partial charge in [-0.2, -0.15) is 0 Å². The monoisotopic (exact) mass is 293 g/mol. The molecule has 0 bridgehead atoms. The van der Waals surface area contributed by atoms with Gasteiger partial charge in [-0.1, -0.05) is 0 Å². The van der Waals surface area contributed by atoms with Crippen molar-refractivity contribution in [3.05, 3.63) is 27.7 Å². The van der Waals surface area contributed by atoms with Crippen molar-refractivity contribution in [1.29, 1.82) is 0 Å². The topological polar surface area (TPSA) is 41.6 Å². The Morgan fingerprint density at radius 2 is 2.23 bits per heavy atom. The van der Waals surface area contributed by atoms with E-state index in [0.29, 0.717) is 0 Å². The van der Waals surface area contributed by atoms with E-state index >= 15 is 0 Å².